The molecule has 2 aromatic carbocycles. The number of nitrogens with zero attached hydrogens (tertiary/aromatic N) is 1. The maximum Gasteiger partial charge on any atom is 0.242 e. The van der Waals surface area contributed by atoms with E-state index in [1.54, 1.807) is 31.3 Å². The summed E-state index contributed by atoms with van der Waals surface area (Å²) in [5, 5.41) is -0.255. The van der Waals surface area contributed by atoms with Crippen LogP contribution in [-0.4, -0.2) is 47.7 Å². The van der Waals surface area contributed by atoms with Gasteiger partial charge in [-0.3, -0.25) is 9.69 Å². The van der Waals surface area contributed by atoms with Gasteiger partial charge in [-0.1, -0.05) is 42.2 Å². The number of amides is 1. The number of thiocarbonyl (C=S) groups is 1. The van der Waals surface area contributed by atoms with Crippen molar-refractivity contribution in [3.05, 3.63) is 59.4 Å². The highest BCUT2D eigenvalue weighted by Gasteiger charge is 2.36. The van der Waals surface area contributed by atoms with Crippen molar-refractivity contribution in [2.75, 3.05) is 27.4 Å². The minimum Gasteiger partial charge on any atom is -0.493 e. The van der Waals surface area contributed by atoms with Gasteiger partial charge in [0.25, 0.3) is 0 Å². The molecule has 1 saturated heterocycles. The lowest BCUT2D eigenvalue weighted by molar-refractivity contribution is -0.126. The summed E-state index contributed by atoms with van der Waals surface area (Å²) in [6.07, 6.45) is 0.543. The zero-order chi connectivity index (χ0) is 20.8. The summed E-state index contributed by atoms with van der Waals surface area (Å²) in [6, 6.07) is 11.8. The van der Waals surface area contributed by atoms with Crippen LogP contribution < -0.4 is 9.47 Å². The SMILES string of the molecule is COCCN1C(=O)[C@@H](Cc2ccc(OCc3ccc(F)cc3)c(OC)c2)SC1=S. The van der Waals surface area contributed by atoms with Crippen molar-refractivity contribution in [2.24, 2.45) is 0 Å². The first-order chi connectivity index (χ1) is 14.0. The highest BCUT2D eigenvalue weighted by Crippen LogP contribution is 2.33. The van der Waals surface area contributed by atoms with Crippen molar-refractivity contribution in [3.63, 3.8) is 0 Å². The molecule has 0 radical (unpaired) electrons. The van der Waals surface area contributed by atoms with E-state index in [0.717, 1.165) is 11.1 Å². The molecule has 1 heterocycles. The topological polar surface area (TPSA) is 48.0 Å². The van der Waals surface area contributed by atoms with Gasteiger partial charge < -0.3 is 14.2 Å². The van der Waals surface area contributed by atoms with E-state index >= 15 is 0 Å². The quantitative estimate of drug-likeness (QED) is 0.558. The van der Waals surface area contributed by atoms with E-state index in [1.165, 1.54) is 23.9 Å². The van der Waals surface area contributed by atoms with Crippen molar-refractivity contribution in [2.45, 2.75) is 18.3 Å². The van der Waals surface area contributed by atoms with Gasteiger partial charge >= 0.3 is 0 Å². The predicted octanol–water partition coefficient (Wildman–Crippen LogP) is 3.83. The van der Waals surface area contributed by atoms with Crippen LogP contribution >= 0.6 is 24.0 Å². The number of ether oxygens (including phenoxy) is 3. The van der Waals surface area contributed by atoms with Crippen LogP contribution in [0.2, 0.25) is 0 Å². The maximum atomic E-state index is 13.0. The lowest BCUT2D eigenvalue weighted by Gasteiger charge is -2.15. The van der Waals surface area contributed by atoms with Crippen molar-refractivity contribution in [3.8, 4) is 11.5 Å². The van der Waals surface area contributed by atoms with E-state index in [0.29, 0.717) is 42.0 Å². The molecule has 1 atom stereocenters. The van der Waals surface area contributed by atoms with Crippen LogP contribution in [0.25, 0.3) is 0 Å². The van der Waals surface area contributed by atoms with Gasteiger partial charge in [0, 0.05) is 7.11 Å². The van der Waals surface area contributed by atoms with Gasteiger partial charge in [0.05, 0.1) is 25.5 Å². The second-order valence-electron chi connectivity index (χ2n) is 6.46. The summed E-state index contributed by atoms with van der Waals surface area (Å²) in [5.41, 5.74) is 1.81. The average molecular weight is 436 g/mol. The normalized spacial score (nSPS) is 16.4. The number of hydrogen-bond donors (Lipinski definition) is 0. The second-order valence-corrected chi connectivity index (χ2v) is 8.30. The highest BCUT2D eigenvalue weighted by atomic mass is 32.2. The lowest BCUT2D eigenvalue weighted by atomic mass is 10.1. The number of rotatable bonds is 9. The molecule has 0 bridgehead atoms. The van der Waals surface area contributed by atoms with Crippen LogP contribution in [0, 0.1) is 5.82 Å². The second kappa shape index (κ2) is 10.0. The van der Waals surface area contributed by atoms with Gasteiger partial charge in [-0.2, -0.15) is 0 Å². The Balaban J connectivity index is 1.64. The zero-order valence-electron chi connectivity index (χ0n) is 16.2. The molecule has 0 aliphatic carbocycles. The third kappa shape index (κ3) is 5.46. The molecule has 1 aliphatic heterocycles. The van der Waals surface area contributed by atoms with Crippen LogP contribution in [-0.2, 0) is 22.6 Å². The van der Waals surface area contributed by atoms with Gasteiger partial charge in [0.1, 0.15) is 16.7 Å². The fourth-order valence-electron chi connectivity index (χ4n) is 2.93. The Kier molecular flexibility index (Phi) is 7.46. The molecule has 0 N–H and O–H groups in total. The van der Waals surface area contributed by atoms with Crippen LogP contribution in [0.3, 0.4) is 0 Å². The van der Waals surface area contributed by atoms with E-state index in [1.807, 2.05) is 18.2 Å². The monoisotopic (exact) mass is 435 g/mol. The van der Waals surface area contributed by atoms with Crippen LogP contribution in [0.5, 0.6) is 11.5 Å². The molecule has 0 aromatic heterocycles. The molecule has 1 fully saturated rings. The molecule has 29 heavy (non-hydrogen) atoms. The van der Waals surface area contributed by atoms with Crippen LogP contribution in [0.4, 0.5) is 4.39 Å². The summed E-state index contributed by atoms with van der Waals surface area (Å²) in [5.74, 6) is 0.894. The number of benzene rings is 2. The Hall–Kier alpha value is -2.16. The number of thioether (sulfide) groups is 1. The van der Waals surface area contributed by atoms with Crippen molar-refractivity contribution in [1.82, 2.24) is 4.90 Å². The molecule has 154 valence electrons. The number of methoxy groups -OCH3 is 2. The molecule has 0 spiro atoms. The minimum absolute atomic E-state index is 0.00709. The first kappa shape index (κ1) is 21.5. The standard InChI is InChI=1S/C21H22FNO4S2/c1-25-10-9-23-20(24)19(29-21(23)28)12-15-5-8-17(18(11-15)26-2)27-13-14-3-6-16(22)7-4-14/h3-8,11,19H,9-10,12-13H2,1-2H3/t19-/m1/s1. The van der Waals surface area contributed by atoms with E-state index in [4.69, 9.17) is 26.4 Å². The Morgan fingerprint density at radius 2 is 1.83 bits per heavy atom. The predicted molar refractivity (Wildman–Crippen MR) is 115 cm³/mol. The third-order valence-corrected chi connectivity index (χ3v) is 6.06. The molecular weight excluding hydrogens is 413 g/mol. The van der Waals surface area contributed by atoms with Crippen molar-refractivity contribution in [1.29, 1.82) is 0 Å². The van der Waals surface area contributed by atoms with Gasteiger partial charge in [0.15, 0.2) is 11.5 Å². The zero-order valence-corrected chi connectivity index (χ0v) is 17.9. The first-order valence-electron chi connectivity index (χ1n) is 9.07. The van der Waals surface area contributed by atoms with Gasteiger partial charge in [-0.25, -0.2) is 4.39 Å². The molecule has 8 heteroatoms. The number of halogens is 1. The van der Waals surface area contributed by atoms with Gasteiger partial charge in [-0.15, -0.1) is 0 Å². The molecule has 1 aliphatic rings. The van der Waals surface area contributed by atoms with Crippen LogP contribution in [0.15, 0.2) is 42.5 Å². The Bertz CT molecular complexity index is 875. The Morgan fingerprint density at radius 3 is 2.52 bits per heavy atom. The smallest absolute Gasteiger partial charge is 0.242 e. The van der Waals surface area contributed by atoms with E-state index in [2.05, 4.69) is 0 Å². The first-order valence-corrected chi connectivity index (χ1v) is 10.4. The van der Waals surface area contributed by atoms with Crippen molar-refractivity contribution >= 4 is 34.2 Å². The molecule has 1 amide bonds. The number of hydrogen-bond acceptors (Lipinski definition) is 6. The average Bonchev–Trinajstić information content (AvgIpc) is 2.99. The number of carbonyl (C=O) groups excluding carboxylic acids is 1. The van der Waals surface area contributed by atoms with E-state index in [-0.39, 0.29) is 17.0 Å². The molecule has 3 rings (SSSR count). The minimum atomic E-state index is -0.282. The highest BCUT2D eigenvalue weighted by molar-refractivity contribution is 8.24. The number of carbonyl (C=O) groups is 1. The third-order valence-electron chi connectivity index (χ3n) is 4.48. The van der Waals surface area contributed by atoms with Crippen molar-refractivity contribution < 1.29 is 23.4 Å². The van der Waals surface area contributed by atoms with E-state index < -0.39 is 0 Å². The molecule has 2 aromatic rings. The molecule has 0 saturated carbocycles. The van der Waals surface area contributed by atoms with Crippen LogP contribution in [0.1, 0.15) is 11.1 Å². The lowest BCUT2D eigenvalue weighted by Crippen LogP contribution is -2.34. The van der Waals surface area contributed by atoms with Gasteiger partial charge in [-0.05, 0) is 41.8 Å². The molecule has 0 unspecified atom stereocenters. The maximum absolute atomic E-state index is 13.0. The summed E-state index contributed by atoms with van der Waals surface area (Å²) in [4.78, 5) is 14.2. The van der Waals surface area contributed by atoms with E-state index in [9.17, 15) is 9.18 Å². The molecule has 5 nitrogen and oxygen atoms in total. The Morgan fingerprint density at radius 1 is 1.10 bits per heavy atom. The summed E-state index contributed by atoms with van der Waals surface area (Å²) in [6.45, 7) is 1.22. The fraction of sp³-hybridized carbons (Fsp3) is 0.333. The Labute approximate surface area is 179 Å². The van der Waals surface area contributed by atoms with Gasteiger partial charge in [0.2, 0.25) is 5.91 Å². The summed E-state index contributed by atoms with van der Waals surface area (Å²) < 4.78 is 29.9. The summed E-state index contributed by atoms with van der Waals surface area (Å²) in [7, 11) is 3.17. The fourth-order valence-corrected chi connectivity index (χ4v) is 4.51. The largest absolute Gasteiger partial charge is 0.493 e. The molecular formula is C21H22FNO4S2. The summed E-state index contributed by atoms with van der Waals surface area (Å²) >= 11 is 6.73.